The van der Waals surface area contributed by atoms with Gasteiger partial charge in [0.1, 0.15) is 0 Å². The fourth-order valence-corrected chi connectivity index (χ4v) is 3.49. The maximum atomic E-state index is 12.8. The molecule has 3 rings (SSSR count). The van der Waals surface area contributed by atoms with Crippen LogP contribution in [0.15, 0.2) is 16.7 Å². The van der Waals surface area contributed by atoms with Gasteiger partial charge in [-0.2, -0.15) is 18.2 Å². The molecule has 0 spiro atoms. The molecule has 142 valence electrons. The highest BCUT2D eigenvalue weighted by molar-refractivity contribution is 7.15. The van der Waals surface area contributed by atoms with E-state index in [1.807, 2.05) is 20.8 Å². The Labute approximate surface area is 151 Å². The number of carbonyl (C=O) groups is 1. The van der Waals surface area contributed by atoms with E-state index in [1.165, 1.54) is 11.3 Å². The Morgan fingerprint density at radius 1 is 1.38 bits per heavy atom. The normalized spacial score (nSPS) is 16.6. The van der Waals surface area contributed by atoms with Crippen molar-refractivity contribution in [3.8, 4) is 10.7 Å². The van der Waals surface area contributed by atoms with Gasteiger partial charge in [0.05, 0.1) is 30.1 Å². The quantitative estimate of drug-likeness (QED) is 0.782. The average molecular weight is 389 g/mol. The highest BCUT2D eigenvalue weighted by Crippen LogP contribution is 2.34. The van der Waals surface area contributed by atoms with Gasteiger partial charge in [0, 0.05) is 10.9 Å². The van der Waals surface area contributed by atoms with Crippen LogP contribution in [0.3, 0.4) is 0 Å². The fourth-order valence-electron chi connectivity index (χ4n) is 2.56. The number of carbonyl (C=O) groups excluding carboxylic acids is 1. The molecule has 0 unspecified atom stereocenters. The second-order valence-corrected chi connectivity index (χ2v) is 7.94. The third-order valence-electron chi connectivity index (χ3n) is 4.12. The van der Waals surface area contributed by atoms with Crippen molar-refractivity contribution in [1.29, 1.82) is 0 Å². The van der Waals surface area contributed by atoms with E-state index < -0.39 is 17.5 Å². The van der Waals surface area contributed by atoms with Crippen LogP contribution in [-0.4, -0.2) is 40.2 Å². The number of alkyl halides is 3. The van der Waals surface area contributed by atoms with Crippen molar-refractivity contribution in [2.75, 3.05) is 13.2 Å². The number of amides is 1. The molecule has 1 fully saturated rings. The largest absolute Gasteiger partial charge is 0.471 e. The van der Waals surface area contributed by atoms with E-state index in [9.17, 15) is 18.0 Å². The first-order valence-electron chi connectivity index (χ1n) is 7.99. The molecule has 3 heterocycles. The van der Waals surface area contributed by atoms with E-state index in [0.29, 0.717) is 24.6 Å². The van der Waals surface area contributed by atoms with Gasteiger partial charge in [0.15, 0.2) is 0 Å². The Bertz CT molecular complexity index is 796. The smallest absolute Gasteiger partial charge is 0.379 e. The van der Waals surface area contributed by atoms with Crippen molar-refractivity contribution in [1.82, 2.24) is 15.0 Å². The Balaban J connectivity index is 1.76. The zero-order valence-corrected chi connectivity index (χ0v) is 15.3. The standard InChI is InChI=1S/C16H18F3N3O3S/c1-9(2)22(14(23)15(3)7-24-8-15)6-10-4-5-11(26-10)12-20-13(25-21-12)16(17,18)19/h4-5,9H,6-8H2,1-3H3. The first-order chi connectivity index (χ1) is 12.1. The number of hydrogen-bond donors (Lipinski definition) is 0. The van der Waals surface area contributed by atoms with E-state index in [1.54, 1.807) is 17.0 Å². The van der Waals surface area contributed by atoms with Crippen LogP contribution in [0.25, 0.3) is 10.7 Å². The average Bonchev–Trinajstić information content (AvgIpc) is 3.17. The van der Waals surface area contributed by atoms with Gasteiger partial charge in [0.25, 0.3) is 0 Å². The van der Waals surface area contributed by atoms with E-state index in [2.05, 4.69) is 14.7 Å². The summed E-state index contributed by atoms with van der Waals surface area (Å²) in [6.45, 7) is 6.86. The molecule has 0 aromatic carbocycles. The van der Waals surface area contributed by atoms with Crippen molar-refractivity contribution in [3.05, 3.63) is 22.9 Å². The number of halogens is 3. The summed E-state index contributed by atoms with van der Waals surface area (Å²) in [5.41, 5.74) is -0.514. The Morgan fingerprint density at radius 3 is 2.58 bits per heavy atom. The monoisotopic (exact) mass is 389 g/mol. The summed E-state index contributed by atoms with van der Waals surface area (Å²) >= 11 is 1.23. The lowest BCUT2D eigenvalue weighted by atomic mass is 9.86. The maximum Gasteiger partial charge on any atom is 0.471 e. The molecular formula is C16H18F3N3O3S. The zero-order chi connectivity index (χ0) is 19.1. The molecule has 0 bridgehead atoms. The number of rotatable bonds is 5. The summed E-state index contributed by atoms with van der Waals surface area (Å²) in [4.78, 5) is 19.2. The van der Waals surface area contributed by atoms with Gasteiger partial charge in [-0.15, -0.1) is 11.3 Å². The highest BCUT2D eigenvalue weighted by Gasteiger charge is 2.44. The van der Waals surface area contributed by atoms with Crippen LogP contribution in [0.2, 0.25) is 0 Å². The first kappa shape index (κ1) is 18.8. The van der Waals surface area contributed by atoms with E-state index in [0.717, 1.165) is 4.88 Å². The molecule has 1 aliphatic heterocycles. The van der Waals surface area contributed by atoms with E-state index in [4.69, 9.17) is 4.74 Å². The summed E-state index contributed by atoms with van der Waals surface area (Å²) in [5.74, 6) is -1.48. The SMILES string of the molecule is CC(C)N(Cc1ccc(-c2noc(C(F)(F)F)n2)s1)C(=O)C1(C)COC1. The lowest BCUT2D eigenvalue weighted by molar-refractivity contribution is -0.171. The van der Waals surface area contributed by atoms with Crippen molar-refractivity contribution >= 4 is 17.2 Å². The predicted octanol–water partition coefficient (Wildman–Crippen LogP) is 3.59. The second-order valence-electron chi connectivity index (χ2n) is 6.77. The molecule has 6 nitrogen and oxygen atoms in total. The fraction of sp³-hybridized carbons (Fsp3) is 0.562. The number of hydrogen-bond acceptors (Lipinski definition) is 6. The van der Waals surface area contributed by atoms with Gasteiger partial charge in [-0.25, -0.2) is 0 Å². The van der Waals surface area contributed by atoms with Crippen molar-refractivity contribution in [2.45, 2.75) is 39.5 Å². The molecular weight excluding hydrogens is 371 g/mol. The molecule has 1 saturated heterocycles. The minimum Gasteiger partial charge on any atom is -0.379 e. The molecule has 0 N–H and O–H groups in total. The zero-order valence-electron chi connectivity index (χ0n) is 14.5. The third-order valence-corrected chi connectivity index (χ3v) is 5.18. The molecule has 0 radical (unpaired) electrons. The topological polar surface area (TPSA) is 68.5 Å². The van der Waals surface area contributed by atoms with Gasteiger partial charge >= 0.3 is 12.1 Å². The van der Waals surface area contributed by atoms with Gasteiger partial charge in [-0.1, -0.05) is 5.16 Å². The summed E-state index contributed by atoms with van der Waals surface area (Å²) in [6.07, 6.45) is -4.67. The Kier molecular flexibility index (Phi) is 4.82. The molecule has 0 saturated carbocycles. The lowest BCUT2D eigenvalue weighted by Crippen LogP contribution is -2.54. The minimum atomic E-state index is -4.67. The van der Waals surface area contributed by atoms with Crippen LogP contribution in [0, 0.1) is 5.41 Å². The van der Waals surface area contributed by atoms with Crippen molar-refractivity contribution in [2.24, 2.45) is 5.41 Å². The lowest BCUT2D eigenvalue weighted by Gasteiger charge is -2.41. The van der Waals surface area contributed by atoms with Crippen molar-refractivity contribution < 1.29 is 27.2 Å². The Hall–Kier alpha value is -1.94. The second kappa shape index (κ2) is 6.66. The number of thiophene rings is 1. The Morgan fingerprint density at radius 2 is 2.08 bits per heavy atom. The molecule has 2 aromatic rings. The number of nitrogens with zero attached hydrogens (tertiary/aromatic N) is 3. The highest BCUT2D eigenvalue weighted by atomic mass is 32.1. The third kappa shape index (κ3) is 3.61. The number of ether oxygens (including phenoxy) is 1. The molecule has 2 aromatic heterocycles. The van der Waals surface area contributed by atoms with Crippen LogP contribution in [0.4, 0.5) is 13.2 Å². The molecule has 1 amide bonds. The summed E-state index contributed by atoms with van der Waals surface area (Å²) in [6, 6.07) is 3.36. The van der Waals surface area contributed by atoms with Gasteiger partial charge in [0.2, 0.25) is 11.7 Å². The van der Waals surface area contributed by atoms with Crippen LogP contribution < -0.4 is 0 Å². The predicted molar refractivity (Wildman–Crippen MR) is 87.2 cm³/mol. The molecule has 26 heavy (non-hydrogen) atoms. The number of aromatic nitrogens is 2. The molecule has 0 aliphatic carbocycles. The molecule has 1 aliphatic rings. The molecule has 10 heteroatoms. The van der Waals surface area contributed by atoms with Gasteiger partial charge < -0.3 is 14.2 Å². The van der Waals surface area contributed by atoms with Gasteiger partial charge in [-0.3, -0.25) is 4.79 Å². The van der Waals surface area contributed by atoms with E-state index in [-0.39, 0.29) is 17.8 Å². The van der Waals surface area contributed by atoms with Crippen LogP contribution in [0.5, 0.6) is 0 Å². The van der Waals surface area contributed by atoms with Crippen molar-refractivity contribution in [3.63, 3.8) is 0 Å². The summed E-state index contributed by atoms with van der Waals surface area (Å²) in [5, 5.41) is 3.38. The minimum absolute atomic E-state index is 0.00705. The summed E-state index contributed by atoms with van der Waals surface area (Å²) in [7, 11) is 0. The van der Waals surface area contributed by atoms with E-state index >= 15 is 0 Å². The van der Waals surface area contributed by atoms with Crippen LogP contribution in [-0.2, 0) is 22.3 Å². The van der Waals surface area contributed by atoms with Crippen LogP contribution in [0.1, 0.15) is 31.5 Å². The van der Waals surface area contributed by atoms with Gasteiger partial charge in [-0.05, 0) is 32.9 Å². The summed E-state index contributed by atoms with van der Waals surface area (Å²) < 4.78 is 47.2. The first-order valence-corrected chi connectivity index (χ1v) is 8.80. The van der Waals surface area contributed by atoms with Crippen LogP contribution >= 0.6 is 11.3 Å². The molecule has 0 atom stereocenters. The maximum absolute atomic E-state index is 12.8.